The van der Waals surface area contributed by atoms with Gasteiger partial charge in [0.25, 0.3) is 0 Å². The maximum Gasteiger partial charge on any atom is 0.313 e. The van der Waals surface area contributed by atoms with Crippen molar-refractivity contribution in [2.45, 2.75) is 19.8 Å². The first-order valence-electron chi connectivity index (χ1n) is 6.15. The normalized spacial score (nSPS) is 10.4. The number of aromatic nitrogens is 2. The second-order valence-electron chi connectivity index (χ2n) is 4.17. The van der Waals surface area contributed by atoms with Gasteiger partial charge in [-0.2, -0.15) is 4.98 Å². The van der Waals surface area contributed by atoms with Crippen molar-refractivity contribution >= 4 is 28.9 Å². The number of halogens is 2. The quantitative estimate of drug-likeness (QED) is 0.461. The van der Waals surface area contributed by atoms with E-state index in [-0.39, 0.29) is 27.5 Å². The van der Waals surface area contributed by atoms with Crippen LogP contribution >= 0.6 is 23.2 Å². The van der Waals surface area contributed by atoms with Gasteiger partial charge >= 0.3 is 5.69 Å². The third kappa shape index (κ3) is 4.03. The van der Waals surface area contributed by atoms with E-state index in [1.54, 1.807) is 0 Å². The summed E-state index contributed by atoms with van der Waals surface area (Å²) >= 11 is 11.6. The van der Waals surface area contributed by atoms with Gasteiger partial charge < -0.3 is 4.74 Å². The molecule has 0 amide bonds. The van der Waals surface area contributed by atoms with E-state index in [0.29, 0.717) is 12.2 Å². The van der Waals surface area contributed by atoms with E-state index in [9.17, 15) is 10.1 Å². The highest BCUT2D eigenvalue weighted by Crippen LogP contribution is 2.33. The number of aryl methyl sites for hydroxylation is 1. The highest BCUT2D eigenvalue weighted by molar-refractivity contribution is 6.30. The molecule has 8 heteroatoms. The summed E-state index contributed by atoms with van der Waals surface area (Å²) in [6.45, 7) is 1.98. The summed E-state index contributed by atoms with van der Waals surface area (Å²) in [5.74, 6) is 0.724. The lowest BCUT2D eigenvalue weighted by molar-refractivity contribution is -0.385. The number of ether oxygens (including phenoxy) is 1. The first-order chi connectivity index (χ1) is 9.99. The number of nitrogens with zero attached hydrogens (tertiary/aromatic N) is 3. The molecular formula is C13H11Cl2N3O3. The predicted octanol–water partition coefficient (Wildman–Crippen LogP) is 4.44. The third-order valence-corrected chi connectivity index (χ3v) is 2.95. The van der Waals surface area contributed by atoms with Gasteiger partial charge in [-0.1, -0.05) is 30.1 Å². The van der Waals surface area contributed by atoms with Crippen LogP contribution in [0, 0.1) is 10.1 Å². The number of rotatable bonds is 5. The maximum absolute atomic E-state index is 11.0. The Balaban J connectivity index is 2.36. The minimum Gasteiger partial charge on any atom is -0.432 e. The largest absolute Gasteiger partial charge is 0.432 e. The smallest absolute Gasteiger partial charge is 0.313 e. The van der Waals surface area contributed by atoms with Crippen LogP contribution in [0.25, 0.3) is 0 Å². The Labute approximate surface area is 130 Å². The first-order valence-corrected chi connectivity index (χ1v) is 6.90. The molecule has 0 N–H and O–H groups in total. The zero-order valence-corrected chi connectivity index (χ0v) is 12.6. The number of nitro benzene ring substituents is 1. The van der Waals surface area contributed by atoms with Crippen LogP contribution in [0.3, 0.4) is 0 Å². The summed E-state index contributed by atoms with van der Waals surface area (Å²) in [6.07, 6.45) is 1.49. The van der Waals surface area contributed by atoms with Crippen LogP contribution in [-0.4, -0.2) is 14.9 Å². The van der Waals surface area contributed by atoms with Crippen LogP contribution in [0.1, 0.15) is 19.2 Å². The van der Waals surface area contributed by atoms with Crippen molar-refractivity contribution in [3.63, 3.8) is 0 Å². The standard InChI is InChI=1S/C13H11Cl2N3O3/c1-2-3-12-16-11(15)7-13(17-12)21-10-5-4-8(14)6-9(10)18(19)20/h4-7H,2-3H2,1H3. The van der Waals surface area contributed by atoms with Crippen LogP contribution in [0.5, 0.6) is 11.6 Å². The van der Waals surface area contributed by atoms with E-state index in [1.165, 1.54) is 24.3 Å². The lowest BCUT2D eigenvalue weighted by Gasteiger charge is -2.07. The van der Waals surface area contributed by atoms with Crippen molar-refractivity contribution in [1.29, 1.82) is 0 Å². The summed E-state index contributed by atoms with van der Waals surface area (Å²) in [5, 5.41) is 11.5. The zero-order valence-electron chi connectivity index (χ0n) is 11.0. The molecule has 0 aliphatic rings. The number of hydrogen-bond donors (Lipinski definition) is 0. The van der Waals surface area contributed by atoms with E-state index < -0.39 is 4.92 Å². The summed E-state index contributed by atoms with van der Waals surface area (Å²) in [4.78, 5) is 18.7. The fourth-order valence-electron chi connectivity index (χ4n) is 1.66. The van der Waals surface area contributed by atoms with Gasteiger partial charge in [0.1, 0.15) is 11.0 Å². The van der Waals surface area contributed by atoms with E-state index in [2.05, 4.69) is 9.97 Å². The minimum atomic E-state index is -0.572. The molecule has 0 spiro atoms. The second-order valence-corrected chi connectivity index (χ2v) is 4.99. The SMILES string of the molecule is CCCc1nc(Cl)cc(Oc2ccc(Cl)cc2[N+](=O)[O-])n1. The minimum absolute atomic E-state index is 0.0432. The van der Waals surface area contributed by atoms with Gasteiger partial charge in [0, 0.05) is 23.6 Å². The van der Waals surface area contributed by atoms with Crippen LogP contribution < -0.4 is 4.74 Å². The molecule has 1 aromatic carbocycles. The first kappa shape index (κ1) is 15.5. The van der Waals surface area contributed by atoms with Gasteiger partial charge in [-0.3, -0.25) is 10.1 Å². The third-order valence-electron chi connectivity index (χ3n) is 2.52. The van der Waals surface area contributed by atoms with Gasteiger partial charge in [-0.15, -0.1) is 0 Å². The second kappa shape index (κ2) is 6.69. The average molecular weight is 328 g/mol. The van der Waals surface area contributed by atoms with Crippen molar-refractivity contribution in [2.24, 2.45) is 0 Å². The Bertz CT molecular complexity index is 680. The Hall–Kier alpha value is -1.92. The molecule has 0 aliphatic heterocycles. The van der Waals surface area contributed by atoms with E-state index in [4.69, 9.17) is 27.9 Å². The summed E-state index contributed by atoms with van der Waals surface area (Å²) in [7, 11) is 0. The molecule has 0 atom stereocenters. The molecule has 2 aromatic rings. The number of benzene rings is 1. The molecule has 0 saturated heterocycles. The average Bonchev–Trinajstić information content (AvgIpc) is 2.40. The molecule has 0 fully saturated rings. The molecule has 6 nitrogen and oxygen atoms in total. The van der Waals surface area contributed by atoms with Crippen molar-refractivity contribution in [2.75, 3.05) is 0 Å². The molecule has 0 unspecified atom stereocenters. The van der Waals surface area contributed by atoms with Crippen molar-refractivity contribution in [3.8, 4) is 11.6 Å². The van der Waals surface area contributed by atoms with Crippen molar-refractivity contribution in [3.05, 3.63) is 50.4 Å². The molecule has 21 heavy (non-hydrogen) atoms. The van der Waals surface area contributed by atoms with Crippen LogP contribution in [-0.2, 0) is 6.42 Å². The van der Waals surface area contributed by atoms with Crippen LogP contribution in [0.15, 0.2) is 24.3 Å². The number of nitro groups is 1. The summed E-state index contributed by atoms with van der Waals surface area (Å²) in [6, 6.07) is 5.53. The Morgan fingerprint density at radius 2 is 2.05 bits per heavy atom. The lowest BCUT2D eigenvalue weighted by Crippen LogP contribution is -1.99. The maximum atomic E-state index is 11.0. The molecule has 2 rings (SSSR count). The molecule has 0 radical (unpaired) electrons. The molecular weight excluding hydrogens is 317 g/mol. The number of hydrogen-bond acceptors (Lipinski definition) is 5. The summed E-state index contributed by atoms with van der Waals surface area (Å²) < 4.78 is 5.46. The summed E-state index contributed by atoms with van der Waals surface area (Å²) in [5.41, 5.74) is -0.241. The Morgan fingerprint density at radius 1 is 1.29 bits per heavy atom. The van der Waals surface area contributed by atoms with Crippen molar-refractivity contribution in [1.82, 2.24) is 9.97 Å². The lowest BCUT2D eigenvalue weighted by atomic mass is 10.3. The molecule has 110 valence electrons. The Morgan fingerprint density at radius 3 is 2.71 bits per heavy atom. The molecule has 0 aliphatic carbocycles. The molecule has 0 bridgehead atoms. The highest BCUT2D eigenvalue weighted by atomic mass is 35.5. The molecule has 0 saturated carbocycles. The van der Waals surface area contributed by atoms with Gasteiger partial charge in [0.05, 0.1) is 4.92 Å². The van der Waals surface area contributed by atoms with Crippen molar-refractivity contribution < 1.29 is 9.66 Å². The van der Waals surface area contributed by atoms with Gasteiger partial charge in [-0.25, -0.2) is 4.98 Å². The zero-order chi connectivity index (χ0) is 15.4. The van der Waals surface area contributed by atoms with Crippen LogP contribution in [0.2, 0.25) is 10.2 Å². The van der Waals surface area contributed by atoms with Crippen LogP contribution in [0.4, 0.5) is 5.69 Å². The fraction of sp³-hybridized carbons (Fsp3) is 0.231. The topological polar surface area (TPSA) is 78.2 Å². The van der Waals surface area contributed by atoms with Gasteiger partial charge in [0.15, 0.2) is 0 Å². The molecule has 1 aromatic heterocycles. The fourth-order valence-corrected chi connectivity index (χ4v) is 2.02. The van der Waals surface area contributed by atoms with E-state index in [0.717, 1.165) is 6.42 Å². The van der Waals surface area contributed by atoms with E-state index >= 15 is 0 Å². The van der Waals surface area contributed by atoms with Gasteiger partial charge in [-0.05, 0) is 18.6 Å². The predicted molar refractivity (Wildman–Crippen MR) is 79.2 cm³/mol. The monoisotopic (exact) mass is 327 g/mol. The Kier molecular flexibility index (Phi) is 4.93. The van der Waals surface area contributed by atoms with Gasteiger partial charge in [0.2, 0.25) is 11.6 Å². The molecule has 1 heterocycles. The highest BCUT2D eigenvalue weighted by Gasteiger charge is 2.17. The van der Waals surface area contributed by atoms with E-state index in [1.807, 2.05) is 6.92 Å².